The highest BCUT2D eigenvalue weighted by atomic mass is 79.9. The molecule has 59 heavy (non-hydrogen) atoms. The zero-order chi connectivity index (χ0) is 42.7. The lowest BCUT2D eigenvalue weighted by Gasteiger charge is -2.26. The number of fused-ring (bicyclic) bond motifs is 8. The number of halogens is 1. The van der Waals surface area contributed by atoms with E-state index in [9.17, 15) is 0 Å². The largest absolute Gasteiger partial charge is 0.354 e. The lowest BCUT2D eigenvalue weighted by molar-refractivity contribution is 0.568. The number of rotatable bonds is 7. The van der Waals surface area contributed by atoms with Gasteiger partial charge < -0.3 is 9.97 Å². The molecular formula is C54H65BrN4. The minimum Gasteiger partial charge on any atom is -0.354 e. The molecule has 0 spiro atoms. The van der Waals surface area contributed by atoms with Crippen molar-refractivity contribution in [3.8, 4) is 22.3 Å². The lowest BCUT2D eigenvalue weighted by atomic mass is 9.78. The molecule has 5 heteroatoms. The van der Waals surface area contributed by atoms with Crippen LogP contribution in [0.5, 0.6) is 0 Å². The minimum atomic E-state index is -0.0264. The average molecular weight is 850 g/mol. The second kappa shape index (κ2) is 15.8. The van der Waals surface area contributed by atoms with Gasteiger partial charge in [0.05, 0.1) is 38.3 Å². The third-order valence-corrected chi connectivity index (χ3v) is 12.8. The Hall–Kier alpha value is -4.48. The summed E-state index contributed by atoms with van der Waals surface area (Å²) in [6, 6.07) is 23.1. The van der Waals surface area contributed by atoms with Gasteiger partial charge in [-0.2, -0.15) is 0 Å². The van der Waals surface area contributed by atoms with Crippen LogP contribution in [0.25, 0.3) is 68.6 Å². The molecule has 0 aliphatic carbocycles. The van der Waals surface area contributed by atoms with Gasteiger partial charge in [0.2, 0.25) is 0 Å². The van der Waals surface area contributed by atoms with E-state index in [2.05, 4.69) is 201 Å². The topological polar surface area (TPSA) is 57.4 Å². The summed E-state index contributed by atoms with van der Waals surface area (Å²) < 4.78 is 0.966. The van der Waals surface area contributed by atoms with Crippen molar-refractivity contribution in [2.75, 3.05) is 0 Å². The monoisotopic (exact) mass is 848 g/mol. The number of benzene rings is 2. The Morgan fingerprint density at radius 1 is 0.458 bits per heavy atom. The van der Waals surface area contributed by atoms with Crippen molar-refractivity contribution in [3.63, 3.8) is 0 Å². The molecule has 0 saturated carbocycles. The number of aromatic amines is 2. The van der Waals surface area contributed by atoms with Crippen molar-refractivity contribution in [2.24, 2.45) is 0 Å². The van der Waals surface area contributed by atoms with Gasteiger partial charge in [-0.25, -0.2) is 9.97 Å². The molecule has 0 fully saturated rings. The molecule has 0 unspecified atom stereocenters. The minimum absolute atomic E-state index is 0.0264. The molecular weight excluding hydrogens is 785 g/mol. The summed E-state index contributed by atoms with van der Waals surface area (Å²) in [6.07, 6.45) is 14.5. The highest BCUT2D eigenvalue weighted by Crippen LogP contribution is 2.41. The number of hydrogen-bond donors (Lipinski definition) is 2. The molecule has 308 valence electrons. The van der Waals surface area contributed by atoms with Crippen molar-refractivity contribution in [2.45, 2.75) is 144 Å². The maximum absolute atomic E-state index is 5.55. The summed E-state index contributed by atoms with van der Waals surface area (Å²) in [6.45, 7) is 29.9. The molecule has 2 aliphatic rings. The van der Waals surface area contributed by atoms with E-state index in [0.29, 0.717) is 0 Å². The van der Waals surface area contributed by atoms with E-state index >= 15 is 0 Å². The number of H-pyrrole nitrogens is 2. The summed E-state index contributed by atoms with van der Waals surface area (Å²) in [4.78, 5) is 18.8. The van der Waals surface area contributed by atoms with Crippen LogP contribution in [0.2, 0.25) is 0 Å². The first kappa shape index (κ1) is 42.6. The van der Waals surface area contributed by atoms with E-state index in [-0.39, 0.29) is 21.7 Å². The molecule has 5 aromatic rings. The Bertz CT molecular complexity index is 2400. The summed E-state index contributed by atoms with van der Waals surface area (Å²) in [7, 11) is 0. The van der Waals surface area contributed by atoms with E-state index < -0.39 is 0 Å². The van der Waals surface area contributed by atoms with Gasteiger partial charge in [0.25, 0.3) is 0 Å². The number of nitrogens with zero attached hydrogens (tertiary/aromatic N) is 2. The van der Waals surface area contributed by atoms with Crippen LogP contribution in [0, 0.1) is 0 Å². The van der Waals surface area contributed by atoms with Gasteiger partial charge in [-0.15, -0.1) is 0 Å². The first-order valence-corrected chi connectivity index (χ1v) is 22.5. The zero-order valence-electron chi connectivity index (χ0n) is 37.9. The van der Waals surface area contributed by atoms with Crippen LogP contribution in [0.3, 0.4) is 0 Å². The fourth-order valence-corrected chi connectivity index (χ4v) is 8.56. The van der Waals surface area contributed by atoms with Gasteiger partial charge >= 0.3 is 0 Å². The predicted molar refractivity (Wildman–Crippen MR) is 260 cm³/mol. The highest BCUT2D eigenvalue weighted by Gasteiger charge is 2.25. The van der Waals surface area contributed by atoms with Crippen LogP contribution >= 0.6 is 15.9 Å². The van der Waals surface area contributed by atoms with E-state index in [1.54, 1.807) is 0 Å². The standard InChI is InChI=1S/C54H65BrN4/c1-14-15-16-17-18-39-40-19-21-42(56-40)48(33-27-35(51(2,3)4)31-36(28-33)52(5,6)7)44-23-25-46(58-44)50(55)47-26-24-45(59-47)49(43-22-20-41(39)57-43)34-29-37(53(8,9)10)32-38(30-34)54(11,12)13/h19-32,58-59H,14-18H2,1-13H3. The van der Waals surface area contributed by atoms with Gasteiger partial charge in [0.15, 0.2) is 0 Å². The van der Waals surface area contributed by atoms with E-state index in [4.69, 9.17) is 9.97 Å². The maximum Gasteiger partial charge on any atom is 0.0737 e. The molecule has 2 aliphatic heterocycles. The summed E-state index contributed by atoms with van der Waals surface area (Å²) in [5, 5.41) is 0. The van der Waals surface area contributed by atoms with E-state index in [0.717, 1.165) is 73.3 Å². The number of hydrogen-bond acceptors (Lipinski definition) is 2. The second-order valence-electron chi connectivity index (χ2n) is 21.0. The molecule has 0 saturated heterocycles. The average Bonchev–Trinajstić information content (AvgIpc) is 3.99. The molecule has 0 amide bonds. The second-order valence-corrected chi connectivity index (χ2v) is 21.7. The van der Waals surface area contributed by atoms with Gasteiger partial charge in [-0.1, -0.05) is 146 Å². The van der Waals surface area contributed by atoms with Gasteiger partial charge in [-0.05, 0) is 132 Å². The predicted octanol–water partition coefficient (Wildman–Crippen LogP) is 16.1. The van der Waals surface area contributed by atoms with Crippen molar-refractivity contribution < 1.29 is 0 Å². The first-order chi connectivity index (χ1) is 27.6. The molecule has 2 N–H and O–H groups in total. The normalized spacial score (nSPS) is 13.5. The smallest absolute Gasteiger partial charge is 0.0737 e. The Morgan fingerprint density at radius 3 is 1.17 bits per heavy atom. The fourth-order valence-electron chi connectivity index (χ4n) is 8.10. The Labute approximate surface area is 362 Å². The van der Waals surface area contributed by atoms with E-state index in [1.807, 2.05) is 0 Å². The third-order valence-electron chi connectivity index (χ3n) is 12.0. The van der Waals surface area contributed by atoms with Crippen LogP contribution in [-0.2, 0) is 28.1 Å². The third kappa shape index (κ3) is 9.02. The molecule has 0 radical (unpaired) electrons. The molecule has 5 heterocycles. The molecule has 7 rings (SSSR count). The molecule has 2 aromatic carbocycles. The van der Waals surface area contributed by atoms with Crippen LogP contribution in [0.1, 0.15) is 166 Å². The van der Waals surface area contributed by atoms with E-state index in [1.165, 1.54) is 58.2 Å². The number of aromatic nitrogens is 4. The summed E-state index contributed by atoms with van der Waals surface area (Å²) in [5.41, 5.74) is 18.9. The Kier molecular flexibility index (Phi) is 11.5. The zero-order valence-corrected chi connectivity index (χ0v) is 39.5. The van der Waals surface area contributed by atoms with Crippen molar-refractivity contribution in [3.05, 3.63) is 116 Å². The summed E-state index contributed by atoms with van der Waals surface area (Å²) in [5.74, 6) is 0. The van der Waals surface area contributed by atoms with Crippen molar-refractivity contribution in [1.82, 2.24) is 19.9 Å². The van der Waals surface area contributed by atoms with Gasteiger partial charge in [0.1, 0.15) is 0 Å². The number of unbranched alkanes of at least 4 members (excludes halogenated alkanes) is 3. The van der Waals surface area contributed by atoms with Crippen molar-refractivity contribution >= 4 is 62.3 Å². The van der Waals surface area contributed by atoms with Gasteiger partial charge in [0, 0.05) is 27.7 Å². The Morgan fingerprint density at radius 2 is 0.814 bits per heavy atom. The molecule has 0 atom stereocenters. The number of nitrogens with one attached hydrogen (secondary N) is 2. The van der Waals surface area contributed by atoms with Crippen LogP contribution in [0.15, 0.2) is 65.1 Å². The lowest BCUT2D eigenvalue weighted by Crippen LogP contribution is -2.16. The SMILES string of the molecule is CCCCCCc1c2nc(c(-c3cc(C(C)(C)C)cc(C(C)(C)C)c3)c3ccc([nH]3)c(Br)c3ccc([nH]3)c(-c3cc(C(C)(C)C)cc(C(C)(C)C)c3)c3nc1C=C3)C=C2. The maximum atomic E-state index is 5.55. The first-order valence-electron chi connectivity index (χ1n) is 21.8. The summed E-state index contributed by atoms with van der Waals surface area (Å²) >= 11 is 4.04. The molecule has 4 nitrogen and oxygen atoms in total. The Balaban J connectivity index is 1.61. The van der Waals surface area contributed by atoms with Crippen LogP contribution in [-0.4, -0.2) is 19.9 Å². The van der Waals surface area contributed by atoms with Crippen LogP contribution in [0.4, 0.5) is 0 Å². The fraction of sp³-hybridized carbons (Fsp3) is 0.407. The molecule has 3 aromatic heterocycles. The highest BCUT2D eigenvalue weighted by molar-refractivity contribution is 9.10. The van der Waals surface area contributed by atoms with Crippen molar-refractivity contribution in [1.29, 1.82) is 0 Å². The van der Waals surface area contributed by atoms with Gasteiger partial charge in [-0.3, -0.25) is 0 Å². The molecule has 8 bridgehead atoms. The van der Waals surface area contributed by atoms with Crippen LogP contribution < -0.4 is 0 Å². The quantitative estimate of drug-likeness (QED) is 0.157.